The fourth-order valence-electron chi connectivity index (χ4n) is 1.94. The number of halogens is 3. The molecule has 0 aliphatic carbocycles. The summed E-state index contributed by atoms with van der Waals surface area (Å²) >= 11 is 0. The maximum Gasteiger partial charge on any atom is 0.389 e. The highest BCUT2D eigenvalue weighted by atomic mass is 19.4. The molecule has 0 aromatic carbocycles. The largest absolute Gasteiger partial charge is 0.389 e. The lowest BCUT2D eigenvalue weighted by Gasteiger charge is -2.39. The molecule has 110 valence electrons. The van der Waals surface area contributed by atoms with Crippen LogP contribution >= 0.6 is 0 Å². The van der Waals surface area contributed by atoms with Gasteiger partial charge in [-0.3, -0.25) is 4.90 Å². The minimum absolute atomic E-state index is 0.141. The van der Waals surface area contributed by atoms with E-state index in [2.05, 4.69) is 18.7 Å². The predicted octanol–water partition coefficient (Wildman–Crippen LogP) is 3.41. The van der Waals surface area contributed by atoms with E-state index in [0.29, 0.717) is 18.9 Å². The molecule has 0 rings (SSSR count). The maximum atomic E-state index is 12.2. The normalized spacial score (nSPS) is 17.8. The predicted molar refractivity (Wildman–Crippen MR) is 69.5 cm³/mol. The van der Waals surface area contributed by atoms with Gasteiger partial charge in [0.1, 0.15) is 0 Å². The van der Waals surface area contributed by atoms with Gasteiger partial charge in [-0.05, 0) is 32.7 Å². The van der Waals surface area contributed by atoms with Crippen molar-refractivity contribution in [3.63, 3.8) is 0 Å². The van der Waals surface area contributed by atoms with Gasteiger partial charge >= 0.3 is 6.18 Å². The van der Waals surface area contributed by atoms with Gasteiger partial charge in [0.05, 0.1) is 0 Å². The van der Waals surface area contributed by atoms with E-state index < -0.39 is 12.6 Å². The molecule has 2 nitrogen and oxygen atoms in total. The Morgan fingerprint density at radius 1 is 1.22 bits per heavy atom. The Morgan fingerprint density at radius 3 is 2.17 bits per heavy atom. The monoisotopic (exact) mass is 268 g/mol. The highest BCUT2D eigenvalue weighted by Gasteiger charge is 2.31. The first-order valence-electron chi connectivity index (χ1n) is 6.62. The average molecular weight is 268 g/mol. The van der Waals surface area contributed by atoms with E-state index >= 15 is 0 Å². The van der Waals surface area contributed by atoms with E-state index in [4.69, 9.17) is 5.73 Å². The highest BCUT2D eigenvalue weighted by Crippen LogP contribution is 2.27. The second-order valence-electron chi connectivity index (χ2n) is 5.56. The molecule has 0 fully saturated rings. The SMILES string of the molecule is CCC(C)CN(C)C(C)(CN)CCCC(F)(F)F. The van der Waals surface area contributed by atoms with Crippen LogP contribution in [0, 0.1) is 5.92 Å². The number of rotatable bonds is 8. The topological polar surface area (TPSA) is 29.3 Å². The van der Waals surface area contributed by atoms with Gasteiger partial charge < -0.3 is 5.73 Å². The first-order valence-corrected chi connectivity index (χ1v) is 6.62. The van der Waals surface area contributed by atoms with Crippen molar-refractivity contribution in [3.05, 3.63) is 0 Å². The summed E-state index contributed by atoms with van der Waals surface area (Å²) in [5.74, 6) is 0.531. The lowest BCUT2D eigenvalue weighted by Crippen LogP contribution is -2.51. The minimum Gasteiger partial charge on any atom is -0.329 e. The Kier molecular flexibility index (Phi) is 7.22. The summed E-state index contributed by atoms with van der Waals surface area (Å²) in [4.78, 5) is 2.11. The molecule has 0 aromatic heterocycles. The van der Waals surface area contributed by atoms with E-state index in [1.807, 2.05) is 14.0 Å². The summed E-state index contributed by atoms with van der Waals surface area (Å²) in [5, 5.41) is 0. The quantitative estimate of drug-likeness (QED) is 0.731. The first kappa shape index (κ1) is 17.7. The fraction of sp³-hybridized carbons (Fsp3) is 1.00. The van der Waals surface area contributed by atoms with Gasteiger partial charge in [-0.1, -0.05) is 20.3 Å². The van der Waals surface area contributed by atoms with Crippen molar-refractivity contribution >= 4 is 0 Å². The summed E-state index contributed by atoms with van der Waals surface area (Å²) in [5.41, 5.74) is 5.41. The van der Waals surface area contributed by atoms with Crippen molar-refractivity contribution in [2.24, 2.45) is 11.7 Å². The zero-order valence-corrected chi connectivity index (χ0v) is 12.0. The Hall–Kier alpha value is -0.290. The summed E-state index contributed by atoms with van der Waals surface area (Å²) < 4.78 is 36.5. The molecule has 5 heteroatoms. The Bertz CT molecular complexity index is 231. The van der Waals surface area contributed by atoms with E-state index in [1.54, 1.807) is 0 Å². The van der Waals surface area contributed by atoms with E-state index in [1.165, 1.54) is 0 Å². The minimum atomic E-state index is -4.06. The first-order chi connectivity index (χ1) is 8.14. The number of hydrogen-bond donors (Lipinski definition) is 1. The third kappa shape index (κ3) is 6.59. The third-order valence-corrected chi connectivity index (χ3v) is 3.82. The summed E-state index contributed by atoms with van der Waals surface area (Å²) in [6.45, 7) is 7.46. The zero-order chi connectivity index (χ0) is 14.4. The van der Waals surface area contributed by atoms with Crippen molar-refractivity contribution in [1.82, 2.24) is 4.90 Å². The van der Waals surface area contributed by atoms with Crippen LogP contribution in [-0.4, -0.2) is 36.8 Å². The molecule has 0 amide bonds. The molecule has 0 saturated carbocycles. The molecule has 2 unspecified atom stereocenters. The summed E-state index contributed by atoms with van der Waals surface area (Å²) in [7, 11) is 1.95. The van der Waals surface area contributed by atoms with Crippen LogP contribution in [0.25, 0.3) is 0 Å². The van der Waals surface area contributed by atoms with Gasteiger partial charge in [-0.2, -0.15) is 13.2 Å². The smallest absolute Gasteiger partial charge is 0.329 e. The molecule has 0 aliphatic rings. The number of hydrogen-bond acceptors (Lipinski definition) is 2. The van der Waals surface area contributed by atoms with Crippen LogP contribution in [0.15, 0.2) is 0 Å². The number of nitrogens with two attached hydrogens (primary N) is 1. The van der Waals surface area contributed by atoms with Crippen LogP contribution < -0.4 is 5.73 Å². The summed E-state index contributed by atoms with van der Waals surface area (Å²) in [6, 6.07) is 0. The van der Waals surface area contributed by atoms with Crippen LogP contribution in [0.4, 0.5) is 13.2 Å². The number of alkyl halides is 3. The van der Waals surface area contributed by atoms with Gasteiger partial charge in [-0.25, -0.2) is 0 Å². The molecule has 0 saturated heterocycles. The molecule has 2 N–H and O–H groups in total. The van der Waals surface area contributed by atoms with E-state index in [-0.39, 0.29) is 12.0 Å². The molecule has 0 spiro atoms. The van der Waals surface area contributed by atoms with Crippen molar-refractivity contribution in [2.45, 2.75) is 58.2 Å². The summed E-state index contributed by atoms with van der Waals surface area (Å²) in [6.07, 6.45) is -3.10. The Morgan fingerprint density at radius 2 is 1.78 bits per heavy atom. The molecule has 0 aliphatic heterocycles. The molecular weight excluding hydrogens is 241 g/mol. The van der Waals surface area contributed by atoms with Crippen LogP contribution in [0.5, 0.6) is 0 Å². The van der Waals surface area contributed by atoms with Gasteiger partial charge in [0.25, 0.3) is 0 Å². The Balaban J connectivity index is 4.32. The van der Waals surface area contributed by atoms with Crippen molar-refractivity contribution in [1.29, 1.82) is 0 Å². The molecule has 18 heavy (non-hydrogen) atoms. The van der Waals surface area contributed by atoms with E-state index in [9.17, 15) is 13.2 Å². The van der Waals surface area contributed by atoms with Crippen LogP contribution in [-0.2, 0) is 0 Å². The van der Waals surface area contributed by atoms with Gasteiger partial charge in [-0.15, -0.1) is 0 Å². The maximum absolute atomic E-state index is 12.2. The average Bonchev–Trinajstić information content (AvgIpc) is 2.26. The zero-order valence-electron chi connectivity index (χ0n) is 12.0. The van der Waals surface area contributed by atoms with E-state index in [0.717, 1.165) is 13.0 Å². The fourth-order valence-corrected chi connectivity index (χ4v) is 1.94. The third-order valence-electron chi connectivity index (χ3n) is 3.82. The van der Waals surface area contributed by atoms with Gasteiger partial charge in [0.15, 0.2) is 0 Å². The van der Waals surface area contributed by atoms with Gasteiger partial charge in [0.2, 0.25) is 0 Å². The second-order valence-corrected chi connectivity index (χ2v) is 5.56. The van der Waals surface area contributed by atoms with Gasteiger partial charge in [0, 0.05) is 25.0 Å². The van der Waals surface area contributed by atoms with Crippen LogP contribution in [0.3, 0.4) is 0 Å². The molecule has 2 atom stereocenters. The van der Waals surface area contributed by atoms with Crippen molar-refractivity contribution in [2.75, 3.05) is 20.1 Å². The number of nitrogens with zero attached hydrogens (tertiary/aromatic N) is 1. The van der Waals surface area contributed by atoms with Crippen LogP contribution in [0.1, 0.15) is 46.5 Å². The second kappa shape index (κ2) is 7.34. The van der Waals surface area contributed by atoms with Crippen LogP contribution in [0.2, 0.25) is 0 Å². The highest BCUT2D eigenvalue weighted by molar-refractivity contribution is 4.86. The molecule has 0 aromatic rings. The number of likely N-dealkylation sites (N-methyl/N-ethyl adjacent to an activating group) is 1. The lowest BCUT2D eigenvalue weighted by atomic mass is 9.91. The molecule has 0 radical (unpaired) electrons. The van der Waals surface area contributed by atoms with Crippen molar-refractivity contribution < 1.29 is 13.2 Å². The Labute approximate surface area is 109 Å². The molecule has 0 heterocycles. The molecule has 0 bridgehead atoms. The lowest BCUT2D eigenvalue weighted by molar-refractivity contribution is -0.136. The van der Waals surface area contributed by atoms with Crippen molar-refractivity contribution in [3.8, 4) is 0 Å². The molecular formula is C13H27F3N2. The standard InChI is InChI=1S/C13H27F3N2/c1-5-11(2)9-18(4)12(3,10-17)7-6-8-13(14,15)16/h11H,5-10,17H2,1-4H3.